The Morgan fingerprint density at radius 2 is 1.74 bits per heavy atom. The zero-order valence-electron chi connectivity index (χ0n) is 12.0. The van der Waals surface area contributed by atoms with E-state index in [9.17, 15) is 0 Å². The lowest BCUT2D eigenvalue weighted by atomic mass is 10.1. The van der Waals surface area contributed by atoms with Crippen LogP contribution in [0.25, 0.3) is 6.08 Å². The lowest BCUT2D eigenvalue weighted by molar-refractivity contribution is 0.305. The third kappa shape index (κ3) is 4.35. The Hall–Kier alpha value is -3.26. The summed E-state index contributed by atoms with van der Waals surface area (Å²) in [6.07, 6.45) is 1.43. The lowest BCUT2D eigenvalue weighted by Gasteiger charge is -2.10. The molecule has 0 saturated carbocycles. The van der Waals surface area contributed by atoms with E-state index in [1.165, 1.54) is 6.08 Å². The van der Waals surface area contributed by atoms with Crippen LogP contribution in [0, 0.1) is 34.0 Å². The maximum Gasteiger partial charge on any atom is 0.130 e. The second-order valence-corrected chi connectivity index (χ2v) is 5.00. The molecule has 2 rings (SSSR count). The van der Waals surface area contributed by atoms with E-state index in [0.717, 1.165) is 5.56 Å². The SMILES string of the molecule is N#CC(C#N)=Cc1cc(Cl)ccc1OCc1ccc(C#N)cc1. The summed E-state index contributed by atoms with van der Waals surface area (Å²) in [6.45, 7) is 0.294. The van der Waals surface area contributed by atoms with Crippen LogP contribution < -0.4 is 4.74 Å². The molecule has 0 radical (unpaired) electrons. The van der Waals surface area contributed by atoms with Gasteiger partial charge < -0.3 is 4.74 Å². The van der Waals surface area contributed by atoms with Crippen LogP contribution in [0.15, 0.2) is 48.0 Å². The molecule has 2 aromatic carbocycles. The van der Waals surface area contributed by atoms with Gasteiger partial charge >= 0.3 is 0 Å². The summed E-state index contributed by atoms with van der Waals surface area (Å²) in [5.41, 5.74) is 2.01. The van der Waals surface area contributed by atoms with E-state index in [-0.39, 0.29) is 5.57 Å². The molecule has 0 fully saturated rings. The number of nitrogens with zero attached hydrogens (tertiary/aromatic N) is 3. The Morgan fingerprint density at radius 3 is 2.35 bits per heavy atom. The maximum absolute atomic E-state index is 8.86. The Morgan fingerprint density at radius 1 is 1.04 bits per heavy atom. The van der Waals surface area contributed by atoms with Crippen molar-refractivity contribution in [1.82, 2.24) is 0 Å². The molecule has 0 saturated heterocycles. The lowest BCUT2D eigenvalue weighted by Crippen LogP contribution is -1.97. The van der Waals surface area contributed by atoms with Crippen LogP contribution in [0.1, 0.15) is 16.7 Å². The van der Waals surface area contributed by atoms with E-state index in [1.54, 1.807) is 54.6 Å². The molecule has 0 heterocycles. The highest BCUT2D eigenvalue weighted by molar-refractivity contribution is 6.30. The minimum absolute atomic E-state index is 0.0320. The first-order chi connectivity index (χ1) is 11.2. The molecule has 0 aliphatic carbocycles. The van der Waals surface area contributed by atoms with Gasteiger partial charge in [-0.25, -0.2) is 0 Å². The molecule has 0 N–H and O–H groups in total. The van der Waals surface area contributed by atoms with Gasteiger partial charge in [0.2, 0.25) is 0 Å². The fourth-order valence-electron chi connectivity index (χ4n) is 1.85. The number of hydrogen-bond donors (Lipinski definition) is 0. The molecular formula is C18H10ClN3O. The average molecular weight is 320 g/mol. The summed E-state index contributed by atoms with van der Waals surface area (Å²) >= 11 is 5.96. The fourth-order valence-corrected chi connectivity index (χ4v) is 2.03. The summed E-state index contributed by atoms with van der Waals surface area (Å²) < 4.78 is 5.74. The minimum Gasteiger partial charge on any atom is -0.488 e. The van der Waals surface area contributed by atoms with Crippen LogP contribution in [0.4, 0.5) is 0 Å². The van der Waals surface area contributed by atoms with Gasteiger partial charge in [0.1, 0.15) is 30.1 Å². The summed E-state index contributed by atoms with van der Waals surface area (Å²) in [5.74, 6) is 0.516. The number of rotatable bonds is 4. The van der Waals surface area contributed by atoms with Gasteiger partial charge in [0.05, 0.1) is 11.6 Å². The predicted molar refractivity (Wildman–Crippen MR) is 86.1 cm³/mol. The molecule has 5 heteroatoms. The van der Waals surface area contributed by atoms with Crippen molar-refractivity contribution in [3.63, 3.8) is 0 Å². The second-order valence-electron chi connectivity index (χ2n) is 4.56. The second kappa shape index (κ2) is 7.66. The van der Waals surface area contributed by atoms with Crippen LogP contribution in [0.2, 0.25) is 5.02 Å². The number of hydrogen-bond acceptors (Lipinski definition) is 4. The van der Waals surface area contributed by atoms with Crippen LogP contribution >= 0.6 is 11.6 Å². The first-order valence-corrected chi connectivity index (χ1v) is 6.97. The normalized spacial score (nSPS) is 9.13. The smallest absolute Gasteiger partial charge is 0.130 e. The molecule has 2 aromatic rings. The van der Waals surface area contributed by atoms with Gasteiger partial charge in [-0.1, -0.05) is 23.7 Å². The standard InChI is InChI=1S/C18H10ClN3O/c19-17-5-6-18(16(8-17)7-15(10-21)11-22)23-12-14-3-1-13(9-20)2-4-14/h1-8H,12H2. The maximum atomic E-state index is 8.86. The molecule has 23 heavy (non-hydrogen) atoms. The van der Waals surface area contributed by atoms with Crippen LogP contribution in [-0.2, 0) is 6.61 Å². The van der Waals surface area contributed by atoms with Crippen molar-refractivity contribution in [3.05, 3.63) is 69.8 Å². The van der Waals surface area contributed by atoms with Gasteiger partial charge in [-0.15, -0.1) is 0 Å². The predicted octanol–water partition coefficient (Wildman–Crippen LogP) is 4.22. The molecule has 110 valence electrons. The summed E-state index contributed by atoms with van der Waals surface area (Å²) in [4.78, 5) is 0. The number of nitriles is 3. The quantitative estimate of drug-likeness (QED) is 0.790. The van der Waals surface area contributed by atoms with Crippen molar-refractivity contribution >= 4 is 17.7 Å². The Bertz CT molecular complexity index is 849. The monoisotopic (exact) mass is 319 g/mol. The molecule has 0 spiro atoms. The largest absolute Gasteiger partial charge is 0.488 e. The van der Waals surface area contributed by atoms with Gasteiger partial charge in [-0.2, -0.15) is 15.8 Å². The van der Waals surface area contributed by atoms with Crippen LogP contribution in [-0.4, -0.2) is 0 Å². The van der Waals surface area contributed by atoms with Crippen molar-refractivity contribution in [2.75, 3.05) is 0 Å². The Kier molecular flexibility index (Phi) is 5.37. The Labute approximate surface area is 139 Å². The number of ether oxygens (including phenoxy) is 1. The molecule has 0 atom stereocenters. The zero-order valence-corrected chi connectivity index (χ0v) is 12.7. The highest BCUT2D eigenvalue weighted by Crippen LogP contribution is 2.26. The first-order valence-electron chi connectivity index (χ1n) is 6.59. The van der Waals surface area contributed by atoms with Gasteiger partial charge in [0.15, 0.2) is 0 Å². The van der Waals surface area contributed by atoms with Crippen molar-refractivity contribution in [3.8, 4) is 24.0 Å². The van der Waals surface area contributed by atoms with Crippen molar-refractivity contribution in [2.45, 2.75) is 6.61 Å². The molecule has 0 amide bonds. The van der Waals surface area contributed by atoms with Gasteiger partial charge in [0, 0.05) is 10.6 Å². The number of allylic oxidation sites excluding steroid dienone is 1. The number of halogens is 1. The van der Waals surface area contributed by atoms with Crippen molar-refractivity contribution in [2.24, 2.45) is 0 Å². The third-order valence-corrected chi connectivity index (χ3v) is 3.23. The highest BCUT2D eigenvalue weighted by Gasteiger charge is 2.05. The van der Waals surface area contributed by atoms with E-state index in [4.69, 9.17) is 32.1 Å². The number of benzene rings is 2. The zero-order chi connectivity index (χ0) is 16.7. The van der Waals surface area contributed by atoms with E-state index in [1.807, 2.05) is 0 Å². The summed E-state index contributed by atoms with van der Waals surface area (Å²) in [7, 11) is 0. The summed E-state index contributed by atoms with van der Waals surface area (Å²) in [5, 5.41) is 27.0. The van der Waals surface area contributed by atoms with Crippen molar-refractivity contribution < 1.29 is 4.74 Å². The molecule has 0 unspecified atom stereocenters. The van der Waals surface area contributed by atoms with Crippen molar-refractivity contribution in [1.29, 1.82) is 15.8 Å². The average Bonchev–Trinajstić information content (AvgIpc) is 2.59. The van der Waals surface area contributed by atoms with Crippen LogP contribution in [0.3, 0.4) is 0 Å². The van der Waals surface area contributed by atoms with E-state index in [0.29, 0.717) is 28.5 Å². The van der Waals surface area contributed by atoms with E-state index < -0.39 is 0 Å². The molecule has 0 bridgehead atoms. The third-order valence-electron chi connectivity index (χ3n) is 2.99. The molecular weight excluding hydrogens is 310 g/mol. The molecule has 4 nitrogen and oxygen atoms in total. The minimum atomic E-state index is -0.0320. The molecule has 0 aliphatic heterocycles. The first kappa shape index (κ1) is 16.1. The molecule has 0 aromatic heterocycles. The highest BCUT2D eigenvalue weighted by atomic mass is 35.5. The van der Waals surface area contributed by atoms with Gasteiger partial charge in [-0.3, -0.25) is 0 Å². The fraction of sp³-hybridized carbons (Fsp3) is 0.0556. The summed E-state index contributed by atoms with van der Waals surface area (Å²) in [6, 6.07) is 17.7. The molecule has 0 aliphatic rings. The Balaban J connectivity index is 2.23. The van der Waals surface area contributed by atoms with E-state index in [2.05, 4.69) is 6.07 Å². The van der Waals surface area contributed by atoms with E-state index >= 15 is 0 Å². The van der Waals surface area contributed by atoms with Gasteiger partial charge in [0.25, 0.3) is 0 Å². The van der Waals surface area contributed by atoms with Crippen LogP contribution in [0.5, 0.6) is 5.75 Å². The topological polar surface area (TPSA) is 80.6 Å². The van der Waals surface area contributed by atoms with Gasteiger partial charge in [-0.05, 0) is 42.0 Å².